The Morgan fingerprint density at radius 1 is 1.04 bits per heavy atom. The number of anilines is 2. The number of aryl methyl sites for hydroxylation is 1. The van der Waals surface area contributed by atoms with Gasteiger partial charge in [0.2, 0.25) is 16.9 Å². The van der Waals surface area contributed by atoms with Gasteiger partial charge in [0.25, 0.3) is 0 Å². The Hall–Kier alpha value is -2.78. The number of nitrogens with one attached hydrogen (secondary N) is 1. The molecule has 4 rings (SSSR count). The minimum absolute atomic E-state index is 0.0963. The molecule has 0 fully saturated rings. The molecule has 0 aliphatic rings. The van der Waals surface area contributed by atoms with Crippen LogP contribution in [0.3, 0.4) is 0 Å². The smallest absolute Gasteiger partial charge is 0.247 e. The SMILES string of the molecule is Cc1ccc(-c2nnc(C(C)Sc3nnc(Nc4ccccc4F)s3)o2)cc1. The fourth-order valence-corrected chi connectivity index (χ4v) is 4.34. The van der Waals surface area contributed by atoms with Crippen molar-refractivity contribution in [3.8, 4) is 11.5 Å². The van der Waals surface area contributed by atoms with Crippen LogP contribution >= 0.6 is 23.1 Å². The number of halogens is 1. The molecule has 2 heterocycles. The average molecular weight is 414 g/mol. The lowest BCUT2D eigenvalue weighted by atomic mass is 10.1. The number of thioether (sulfide) groups is 1. The van der Waals surface area contributed by atoms with Crippen molar-refractivity contribution in [1.82, 2.24) is 20.4 Å². The van der Waals surface area contributed by atoms with Gasteiger partial charge in [-0.2, -0.15) is 0 Å². The molecule has 142 valence electrons. The summed E-state index contributed by atoms with van der Waals surface area (Å²) in [5.74, 6) is 0.663. The van der Waals surface area contributed by atoms with Gasteiger partial charge in [0.15, 0.2) is 4.34 Å². The first-order chi connectivity index (χ1) is 13.6. The molecule has 2 aromatic carbocycles. The van der Waals surface area contributed by atoms with Gasteiger partial charge in [0, 0.05) is 5.56 Å². The van der Waals surface area contributed by atoms with Crippen LogP contribution in [-0.2, 0) is 0 Å². The first-order valence-electron chi connectivity index (χ1n) is 8.50. The Balaban J connectivity index is 1.43. The van der Waals surface area contributed by atoms with Crippen LogP contribution in [-0.4, -0.2) is 20.4 Å². The van der Waals surface area contributed by atoms with Gasteiger partial charge >= 0.3 is 0 Å². The van der Waals surface area contributed by atoms with Crippen LogP contribution in [0.5, 0.6) is 0 Å². The molecule has 0 amide bonds. The molecule has 0 aliphatic carbocycles. The standard InChI is InChI=1S/C19H16FN5OS2/c1-11-7-9-13(10-8-11)17-23-22-16(26-17)12(2)27-19-25-24-18(28-19)21-15-6-4-3-5-14(15)20/h3-10,12H,1-2H3,(H,21,24). The van der Waals surface area contributed by atoms with Crippen LogP contribution in [0.4, 0.5) is 15.2 Å². The maximum absolute atomic E-state index is 13.7. The molecular formula is C19H16FN5OS2. The van der Waals surface area contributed by atoms with Gasteiger partial charge in [-0.05, 0) is 38.1 Å². The predicted molar refractivity (Wildman–Crippen MR) is 108 cm³/mol. The highest BCUT2D eigenvalue weighted by molar-refractivity contribution is 8.01. The molecule has 0 spiro atoms. The average Bonchev–Trinajstić information content (AvgIpc) is 3.34. The van der Waals surface area contributed by atoms with E-state index in [1.54, 1.807) is 18.2 Å². The monoisotopic (exact) mass is 413 g/mol. The Kier molecular flexibility index (Phi) is 5.36. The molecule has 1 unspecified atom stereocenters. The molecule has 28 heavy (non-hydrogen) atoms. The highest BCUT2D eigenvalue weighted by atomic mass is 32.2. The summed E-state index contributed by atoms with van der Waals surface area (Å²) in [6.07, 6.45) is 0. The van der Waals surface area contributed by atoms with E-state index >= 15 is 0 Å². The third-order valence-electron chi connectivity index (χ3n) is 3.89. The molecule has 0 saturated heterocycles. The number of rotatable bonds is 6. The summed E-state index contributed by atoms with van der Waals surface area (Å²) in [5, 5.41) is 19.9. The Bertz CT molecular complexity index is 1080. The zero-order valence-corrected chi connectivity index (χ0v) is 16.7. The maximum atomic E-state index is 13.7. The molecule has 0 saturated carbocycles. The van der Waals surface area contributed by atoms with Gasteiger partial charge in [0.05, 0.1) is 10.9 Å². The largest absolute Gasteiger partial charge is 0.419 e. The van der Waals surface area contributed by atoms with Crippen LogP contribution in [0.15, 0.2) is 57.3 Å². The topological polar surface area (TPSA) is 76.7 Å². The minimum Gasteiger partial charge on any atom is -0.419 e. The summed E-state index contributed by atoms with van der Waals surface area (Å²) < 4.78 is 20.3. The second-order valence-corrected chi connectivity index (χ2v) is 8.61. The number of benzene rings is 2. The van der Waals surface area contributed by atoms with Crippen LogP contribution in [0.25, 0.3) is 11.5 Å². The number of nitrogens with zero attached hydrogens (tertiary/aromatic N) is 4. The van der Waals surface area contributed by atoms with E-state index in [0.29, 0.717) is 22.6 Å². The first-order valence-corrected chi connectivity index (χ1v) is 10.2. The van der Waals surface area contributed by atoms with Crippen molar-refractivity contribution in [2.75, 3.05) is 5.32 Å². The lowest BCUT2D eigenvalue weighted by Gasteiger charge is -2.03. The molecule has 2 aromatic heterocycles. The first kappa shape index (κ1) is 18.6. The van der Waals surface area contributed by atoms with Gasteiger partial charge in [-0.15, -0.1) is 20.4 Å². The lowest BCUT2D eigenvalue weighted by molar-refractivity contribution is 0.509. The maximum Gasteiger partial charge on any atom is 0.247 e. The van der Waals surface area contributed by atoms with Crippen molar-refractivity contribution in [2.45, 2.75) is 23.4 Å². The van der Waals surface area contributed by atoms with E-state index in [-0.39, 0.29) is 11.1 Å². The second-order valence-electron chi connectivity index (χ2n) is 6.05. The van der Waals surface area contributed by atoms with Crippen molar-refractivity contribution in [3.05, 3.63) is 65.8 Å². The molecule has 1 N–H and O–H groups in total. The van der Waals surface area contributed by atoms with E-state index in [9.17, 15) is 4.39 Å². The summed E-state index contributed by atoms with van der Waals surface area (Å²) >= 11 is 2.80. The summed E-state index contributed by atoms with van der Waals surface area (Å²) in [4.78, 5) is 0. The normalized spacial score (nSPS) is 12.1. The zero-order chi connectivity index (χ0) is 19.5. The molecule has 0 radical (unpaired) electrons. The van der Waals surface area contributed by atoms with E-state index < -0.39 is 0 Å². The fourth-order valence-electron chi connectivity index (χ4n) is 2.40. The number of para-hydroxylation sites is 1. The van der Waals surface area contributed by atoms with Crippen LogP contribution in [0.1, 0.15) is 23.6 Å². The van der Waals surface area contributed by atoms with Crippen molar-refractivity contribution in [2.24, 2.45) is 0 Å². The van der Waals surface area contributed by atoms with E-state index in [1.165, 1.54) is 34.7 Å². The van der Waals surface area contributed by atoms with E-state index in [2.05, 4.69) is 25.7 Å². The van der Waals surface area contributed by atoms with Crippen LogP contribution in [0, 0.1) is 12.7 Å². The van der Waals surface area contributed by atoms with Crippen LogP contribution < -0.4 is 5.32 Å². The highest BCUT2D eigenvalue weighted by Crippen LogP contribution is 2.38. The molecule has 0 aliphatic heterocycles. The molecule has 1 atom stereocenters. The van der Waals surface area contributed by atoms with Gasteiger partial charge in [0.1, 0.15) is 5.82 Å². The number of aromatic nitrogens is 4. The molecule has 0 bridgehead atoms. The van der Waals surface area contributed by atoms with Gasteiger partial charge < -0.3 is 9.73 Å². The fraction of sp³-hybridized carbons (Fsp3) is 0.158. The molecule has 9 heteroatoms. The molecule has 6 nitrogen and oxygen atoms in total. The van der Waals surface area contributed by atoms with Crippen molar-refractivity contribution < 1.29 is 8.81 Å². The van der Waals surface area contributed by atoms with E-state index in [4.69, 9.17) is 4.42 Å². The Labute approximate surface area is 169 Å². The number of hydrogen-bond acceptors (Lipinski definition) is 8. The summed E-state index contributed by atoms with van der Waals surface area (Å²) in [7, 11) is 0. The van der Waals surface area contributed by atoms with Crippen LogP contribution in [0.2, 0.25) is 0 Å². The van der Waals surface area contributed by atoms with E-state index in [1.807, 2.05) is 38.1 Å². The third kappa shape index (κ3) is 4.20. The van der Waals surface area contributed by atoms with Crippen molar-refractivity contribution in [1.29, 1.82) is 0 Å². The molecule has 4 aromatic rings. The lowest BCUT2D eigenvalue weighted by Crippen LogP contribution is -1.92. The summed E-state index contributed by atoms with van der Waals surface area (Å²) in [6, 6.07) is 14.3. The van der Waals surface area contributed by atoms with Gasteiger partial charge in [-0.1, -0.05) is 52.9 Å². The number of hydrogen-bond donors (Lipinski definition) is 1. The van der Waals surface area contributed by atoms with Gasteiger partial charge in [-0.3, -0.25) is 0 Å². The second kappa shape index (κ2) is 8.07. The van der Waals surface area contributed by atoms with Crippen molar-refractivity contribution >= 4 is 33.9 Å². The summed E-state index contributed by atoms with van der Waals surface area (Å²) in [6.45, 7) is 3.99. The van der Waals surface area contributed by atoms with Gasteiger partial charge in [-0.25, -0.2) is 4.39 Å². The predicted octanol–water partition coefficient (Wildman–Crippen LogP) is 5.63. The quantitative estimate of drug-likeness (QED) is 0.410. The molecular weight excluding hydrogens is 397 g/mol. The Morgan fingerprint density at radius 3 is 2.61 bits per heavy atom. The zero-order valence-electron chi connectivity index (χ0n) is 15.1. The minimum atomic E-state index is -0.338. The third-order valence-corrected chi connectivity index (χ3v) is 5.90. The highest BCUT2D eigenvalue weighted by Gasteiger charge is 2.19. The Morgan fingerprint density at radius 2 is 1.82 bits per heavy atom. The van der Waals surface area contributed by atoms with Crippen molar-refractivity contribution in [3.63, 3.8) is 0 Å². The van der Waals surface area contributed by atoms with E-state index in [0.717, 1.165) is 9.90 Å². The summed E-state index contributed by atoms with van der Waals surface area (Å²) in [5.41, 5.74) is 2.42.